The molecule has 0 saturated carbocycles. The molecule has 1 unspecified atom stereocenters. The highest BCUT2D eigenvalue weighted by atomic mass is 28.3. The topological polar surface area (TPSA) is 32.8 Å². The lowest BCUT2D eigenvalue weighted by molar-refractivity contribution is -0.148. The van der Waals surface area contributed by atoms with E-state index in [9.17, 15) is 4.79 Å². The lowest BCUT2D eigenvalue weighted by atomic mass is 10.1. The summed E-state index contributed by atoms with van der Waals surface area (Å²) in [4.78, 5) is 14.2. The molecule has 0 aliphatic carbocycles. The van der Waals surface area contributed by atoms with E-state index in [1.165, 1.54) is 12.8 Å². The van der Waals surface area contributed by atoms with Gasteiger partial charge in [0.25, 0.3) is 0 Å². The van der Waals surface area contributed by atoms with Crippen LogP contribution in [0.15, 0.2) is 0 Å². The summed E-state index contributed by atoms with van der Waals surface area (Å²) in [5.74, 6) is -0.0861. The molecule has 1 fully saturated rings. The molecule has 1 rings (SSSR count). The number of ether oxygens (including phenoxy) is 1. The van der Waals surface area contributed by atoms with Gasteiger partial charge in [0, 0.05) is 32.7 Å². The Bertz CT molecular complexity index is 377. The number of carbonyl (C=O) groups excluding carboxylic acids is 1. The molecule has 0 amide bonds. The van der Waals surface area contributed by atoms with Crippen LogP contribution >= 0.6 is 0 Å². The molecule has 0 bridgehead atoms. The number of esters is 1. The predicted molar refractivity (Wildman–Crippen MR) is 100 cm³/mol. The predicted octanol–water partition coefficient (Wildman–Crippen LogP) is 3.59. The zero-order valence-electron chi connectivity index (χ0n) is 16.4. The highest BCUT2D eigenvalue weighted by molar-refractivity contribution is 6.77. The second-order valence-electron chi connectivity index (χ2n) is 8.13. The van der Waals surface area contributed by atoms with Gasteiger partial charge >= 0.3 is 5.97 Å². The third kappa shape index (κ3) is 5.30. The van der Waals surface area contributed by atoms with Gasteiger partial charge in [0.2, 0.25) is 0 Å². The van der Waals surface area contributed by atoms with Gasteiger partial charge in [0.1, 0.15) is 8.24 Å². The van der Waals surface area contributed by atoms with E-state index in [4.69, 9.17) is 4.74 Å². The van der Waals surface area contributed by atoms with Gasteiger partial charge in [0.15, 0.2) is 0 Å². The monoisotopic (exact) mass is 342 g/mol. The molecule has 0 aromatic carbocycles. The molecule has 0 aromatic heterocycles. The lowest BCUT2D eigenvalue weighted by Gasteiger charge is -2.51. The molecule has 1 atom stereocenters. The van der Waals surface area contributed by atoms with Crippen molar-refractivity contribution >= 4 is 14.2 Å². The number of hydrogen-bond acceptors (Lipinski definition) is 4. The van der Waals surface area contributed by atoms with E-state index in [1.807, 2.05) is 13.8 Å². The first-order valence-corrected chi connectivity index (χ1v) is 12.2. The molecule has 1 heterocycles. The molecule has 0 N–H and O–H groups in total. The smallest absolute Gasteiger partial charge is 0.309 e. The number of carbonyl (C=O) groups is 1. The minimum atomic E-state index is -1.44. The van der Waals surface area contributed by atoms with Crippen LogP contribution in [0.5, 0.6) is 0 Å². The summed E-state index contributed by atoms with van der Waals surface area (Å²) in [5.41, 5.74) is 0. The first-order chi connectivity index (χ1) is 10.7. The van der Waals surface area contributed by atoms with Gasteiger partial charge in [-0.2, -0.15) is 0 Å². The van der Waals surface area contributed by atoms with Gasteiger partial charge in [-0.3, -0.25) is 4.79 Å². The summed E-state index contributed by atoms with van der Waals surface area (Å²) in [7, 11) is -1.44. The SMILES string of the molecule is CCCC(C)(C)[Si](C)(C)N1CCN(CC(C)C(=O)OCC)CC1. The van der Waals surface area contributed by atoms with E-state index in [-0.39, 0.29) is 11.9 Å². The van der Waals surface area contributed by atoms with Gasteiger partial charge < -0.3 is 14.2 Å². The number of piperazine rings is 1. The van der Waals surface area contributed by atoms with Crippen molar-refractivity contribution in [2.45, 2.75) is 65.6 Å². The Labute approximate surface area is 144 Å². The maximum absolute atomic E-state index is 11.8. The van der Waals surface area contributed by atoms with Crippen LogP contribution < -0.4 is 0 Å². The maximum Gasteiger partial charge on any atom is 0.309 e. The van der Waals surface area contributed by atoms with Crippen molar-refractivity contribution in [2.75, 3.05) is 39.3 Å². The number of hydrogen-bond donors (Lipinski definition) is 0. The molecule has 0 aromatic rings. The molecule has 136 valence electrons. The van der Waals surface area contributed by atoms with E-state index in [1.54, 1.807) is 0 Å². The Morgan fingerprint density at radius 1 is 1.17 bits per heavy atom. The van der Waals surface area contributed by atoms with Crippen molar-refractivity contribution in [3.63, 3.8) is 0 Å². The van der Waals surface area contributed by atoms with Crippen LogP contribution in [0.1, 0.15) is 47.5 Å². The van der Waals surface area contributed by atoms with Crippen LogP contribution in [0.3, 0.4) is 0 Å². The van der Waals surface area contributed by atoms with Gasteiger partial charge in [-0.15, -0.1) is 0 Å². The molecule has 4 nitrogen and oxygen atoms in total. The third-order valence-electron chi connectivity index (χ3n) is 5.92. The Hall–Kier alpha value is -0.393. The molecule has 1 saturated heterocycles. The van der Waals surface area contributed by atoms with Gasteiger partial charge in [-0.05, 0) is 18.4 Å². The Morgan fingerprint density at radius 2 is 1.74 bits per heavy atom. The minimum absolute atomic E-state index is 0.0247. The number of rotatable bonds is 8. The minimum Gasteiger partial charge on any atom is -0.466 e. The maximum atomic E-state index is 11.8. The van der Waals surface area contributed by atoms with Gasteiger partial charge in [-0.1, -0.05) is 47.2 Å². The Balaban J connectivity index is 2.53. The highest BCUT2D eigenvalue weighted by Gasteiger charge is 2.44. The Kier molecular flexibility index (Phi) is 7.75. The molecular weight excluding hydrogens is 304 g/mol. The van der Waals surface area contributed by atoms with Crippen LogP contribution in [-0.2, 0) is 9.53 Å². The van der Waals surface area contributed by atoms with Crippen molar-refractivity contribution in [1.29, 1.82) is 0 Å². The van der Waals surface area contributed by atoms with Gasteiger partial charge in [-0.25, -0.2) is 0 Å². The van der Waals surface area contributed by atoms with Crippen LogP contribution in [0.4, 0.5) is 0 Å². The van der Waals surface area contributed by atoms with Gasteiger partial charge in [0.05, 0.1) is 12.5 Å². The lowest BCUT2D eigenvalue weighted by Crippen LogP contribution is -2.62. The summed E-state index contributed by atoms with van der Waals surface area (Å²) < 4.78 is 7.90. The van der Waals surface area contributed by atoms with Crippen molar-refractivity contribution in [3.05, 3.63) is 0 Å². The van der Waals surface area contributed by atoms with Crippen LogP contribution in [0.25, 0.3) is 0 Å². The fourth-order valence-electron chi connectivity index (χ4n) is 3.59. The average Bonchev–Trinajstić information content (AvgIpc) is 2.47. The summed E-state index contributed by atoms with van der Waals surface area (Å²) in [6.07, 6.45) is 2.58. The largest absolute Gasteiger partial charge is 0.466 e. The van der Waals surface area contributed by atoms with E-state index in [2.05, 4.69) is 43.3 Å². The third-order valence-corrected chi connectivity index (χ3v) is 11.5. The first kappa shape index (κ1) is 20.7. The van der Waals surface area contributed by atoms with E-state index < -0.39 is 8.24 Å². The summed E-state index contributed by atoms with van der Waals surface area (Å²) >= 11 is 0. The van der Waals surface area contributed by atoms with E-state index >= 15 is 0 Å². The second kappa shape index (κ2) is 8.63. The molecule has 1 aliphatic rings. The van der Waals surface area contributed by atoms with Crippen molar-refractivity contribution in [3.8, 4) is 0 Å². The zero-order chi connectivity index (χ0) is 17.7. The summed E-state index contributed by atoms with van der Waals surface area (Å²) in [5, 5.41) is 0.447. The fraction of sp³-hybridized carbons (Fsp3) is 0.944. The van der Waals surface area contributed by atoms with Crippen molar-refractivity contribution < 1.29 is 9.53 Å². The fourth-order valence-corrected chi connectivity index (χ4v) is 6.63. The van der Waals surface area contributed by atoms with E-state index in [0.29, 0.717) is 11.6 Å². The normalized spacial score (nSPS) is 19.6. The number of nitrogens with zero attached hydrogens (tertiary/aromatic N) is 2. The van der Waals surface area contributed by atoms with Crippen molar-refractivity contribution in [1.82, 2.24) is 9.47 Å². The Morgan fingerprint density at radius 3 is 2.22 bits per heavy atom. The first-order valence-electron chi connectivity index (χ1n) is 9.29. The van der Waals surface area contributed by atoms with E-state index in [0.717, 1.165) is 32.7 Å². The highest BCUT2D eigenvalue weighted by Crippen LogP contribution is 2.43. The zero-order valence-corrected chi connectivity index (χ0v) is 17.4. The molecule has 0 spiro atoms. The van der Waals surface area contributed by atoms with Crippen LogP contribution in [-0.4, -0.2) is 63.0 Å². The standard InChI is InChI=1S/C18H38N2O2Si/c1-8-10-18(4,5)23(6,7)20-13-11-19(12-14-20)15-16(3)17(21)22-9-2/h16H,8-15H2,1-7H3. The summed E-state index contributed by atoms with van der Waals surface area (Å²) in [6, 6.07) is 0. The van der Waals surface area contributed by atoms with Crippen molar-refractivity contribution in [2.24, 2.45) is 5.92 Å². The molecule has 1 aliphatic heterocycles. The molecule has 23 heavy (non-hydrogen) atoms. The molecule has 0 radical (unpaired) electrons. The average molecular weight is 343 g/mol. The molecule has 5 heteroatoms. The van der Waals surface area contributed by atoms with Crippen LogP contribution in [0.2, 0.25) is 18.1 Å². The summed E-state index contributed by atoms with van der Waals surface area (Å²) in [6.45, 7) is 21.8. The second-order valence-corrected chi connectivity index (χ2v) is 13.2. The molecular formula is C18H38N2O2Si. The van der Waals surface area contributed by atoms with Crippen LogP contribution in [0, 0.1) is 5.92 Å². The quantitative estimate of drug-likeness (QED) is 0.498.